The number of carbonyl (C=O) groups excluding carboxylic acids is 1. The highest BCUT2D eigenvalue weighted by atomic mass is 16.1. The maximum Gasteiger partial charge on any atom is 0.226 e. The minimum absolute atomic E-state index is 0.0802. The second-order valence-electron chi connectivity index (χ2n) is 8.09. The molecule has 8 nitrogen and oxygen atoms in total. The average molecular weight is 430 g/mol. The number of nitrogens with zero attached hydrogens (tertiary/aromatic N) is 6. The third-order valence-corrected chi connectivity index (χ3v) is 5.22. The van der Waals surface area contributed by atoms with Crippen LogP contribution in [0.1, 0.15) is 29.5 Å². The Morgan fingerprint density at radius 1 is 1.09 bits per heavy atom. The van der Waals surface area contributed by atoms with Crippen molar-refractivity contribution >= 4 is 16.8 Å². The average Bonchev–Trinajstić information content (AvgIpc) is 3.20. The van der Waals surface area contributed by atoms with Gasteiger partial charge >= 0.3 is 0 Å². The zero-order chi connectivity index (χ0) is 22.5. The molecular formula is C24H27N7O. The Hall–Kier alpha value is -3.65. The Morgan fingerprint density at radius 3 is 2.72 bits per heavy atom. The lowest BCUT2D eigenvalue weighted by molar-refractivity contribution is -0.121. The van der Waals surface area contributed by atoms with Crippen molar-refractivity contribution in [2.45, 2.75) is 25.8 Å². The summed E-state index contributed by atoms with van der Waals surface area (Å²) in [5.41, 5.74) is 4.30. The van der Waals surface area contributed by atoms with Crippen LogP contribution in [0, 0.1) is 6.92 Å². The fourth-order valence-corrected chi connectivity index (χ4v) is 3.61. The third kappa shape index (κ3) is 5.15. The number of fused-ring (bicyclic) bond motifs is 1. The summed E-state index contributed by atoms with van der Waals surface area (Å²) in [5.74, 6) is -0.0802. The number of carbonyl (C=O) groups is 1. The SMILES string of the molecule is Cc1cc(-n2ncc3cc(CC(=O)NC(CCN(C)C)c4ccccn4)ncc32)ccn1. The van der Waals surface area contributed by atoms with Crippen LogP contribution in [-0.4, -0.2) is 56.2 Å². The lowest BCUT2D eigenvalue weighted by atomic mass is 10.1. The minimum atomic E-state index is -0.146. The van der Waals surface area contributed by atoms with Gasteiger partial charge in [0.1, 0.15) is 0 Å². The van der Waals surface area contributed by atoms with Crippen molar-refractivity contribution in [3.8, 4) is 5.69 Å². The summed E-state index contributed by atoms with van der Waals surface area (Å²) < 4.78 is 1.83. The van der Waals surface area contributed by atoms with Crippen LogP contribution in [0.5, 0.6) is 0 Å². The number of pyridine rings is 3. The van der Waals surface area contributed by atoms with Gasteiger partial charge in [0.2, 0.25) is 5.91 Å². The van der Waals surface area contributed by atoms with E-state index in [9.17, 15) is 4.79 Å². The van der Waals surface area contributed by atoms with Gasteiger partial charge < -0.3 is 10.2 Å². The summed E-state index contributed by atoms with van der Waals surface area (Å²) >= 11 is 0. The normalized spacial score (nSPS) is 12.2. The van der Waals surface area contributed by atoms with Crippen LogP contribution in [0.4, 0.5) is 0 Å². The summed E-state index contributed by atoms with van der Waals surface area (Å²) in [6.45, 7) is 2.79. The minimum Gasteiger partial charge on any atom is -0.347 e. The molecule has 0 aliphatic carbocycles. The molecular weight excluding hydrogens is 402 g/mol. The molecule has 8 heteroatoms. The van der Waals surface area contributed by atoms with Gasteiger partial charge in [-0.3, -0.25) is 19.7 Å². The van der Waals surface area contributed by atoms with Gasteiger partial charge in [0.05, 0.1) is 47.4 Å². The van der Waals surface area contributed by atoms with Gasteiger partial charge in [-0.05, 0) is 64.3 Å². The first-order valence-corrected chi connectivity index (χ1v) is 10.6. The van der Waals surface area contributed by atoms with Gasteiger partial charge in [-0.2, -0.15) is 5.10 Å². The zero-order valence-corrected chi connectivity index (χ0v) is 18.6. The van der Waals surface area contributed by atoms with Crippen LogP contribution in [0.3, 0.4) is 0 Å². The molecule has 0 aromatic carbocycles. The van der Waals surface area contributed by atoms with Crippen LogP contribution in [-0.2, 0) is 11.2 Å². The molecule has 0 radical (unpaired) electrons. The smallest absolute Gasteiger partial charge is 0.226 e. The first-order chi connectivity index (χ1) is 15.5. The van der Waals surface area contributed by atoms with E-state index in [1.807, 2.05) is 62.1 Å². The van der Waals surface area contributed by atoms with E-state index >= 15 is 0 Å². The van der Waals surface area contributed by atoms with Crippen LogP contribution >= 0.6 is 0 Å². The van der Waals surface area contributed by atoms with Crippen molar-refractivity contribution < 1.29 is 4.79 Å². The summed E-state index contributed by atoms with van der Waals surface area (Å²) in [5, 5.41) is 8.55. The van der Waals surface area contributed by atoms with E-state index in [1.54, 1.807) is 24.8 Å². The maximum atomic E-state index is 12.8. The number of rotatable bonds is 8. The third-order valence-electron chi connectivity index (χ3n) is 5.22. The number of aromatic nitrogens is 5. The van der Waals surface area contributed by atoms with E-state index in [0.717, 1.165) is 40.9 Å². The molecule has 0 saturated carbocycles. The molecule has 1 N–H and O–H groups in total. The fourth-order valence-electron chi connectivity index (χ4n) is 3.61. The number of hydrogen-bond acceptors (Lipinski definition) is 6. The van der Waals surface area contributed by atoms with E-state index in [1.165, 1.54) is 0 Å². The van der Waals surface area contributed by atoms with Gasteiger partial charge in [0.25, 0.3) is 0 Å². The van der Waals surface area contributed by atoms with E-state index in [-0.39, 0.29) is 18.4 Å². The highest BCUT2D eigenvalue weighted by Gasteiger charge is 2.17. The number of nitrogens with one attached hydrogen (secondary N) is 1. The van der Waals surface area contributed by atoms with Crippen molar-refractivity contribution in [3.63, 3.8) is 0 Å². The van der Waals surface area contributed by atoms with Crippen molar-refractivity contribution in [3.05, 3.63) is 78.3 Å². The molecule has 4 aromatic rings. The molecule has 4 heterocycles. The van der Waals surface area contributed by atoms with E-state index in [2.05, 4.69) is 30.3 Å². The lowest BCUT2D eigenvalue weighted by Crippen LogP contribution is -2.32. The molecule has 1 atom stereocenters. The predicted octanol–water partition coefficient (Wildman–Crippen LogP) is 2.87. The molecule has 0 aliphatic heterocycles. The predicted molar refractivity (Wildman–Crippen MR) is 123 cm³/mol. The number of hydrogen-bond donors (Lipinski definition) is 1. The van der Waals surface area contributed by atoms with E-state index in [0.29, 0.717) is 5.69 Å². The Labute approximate surface area is 187 Å². The topological polar surface area (TPSA) is 88.8 Å². The van der Waals surface area contributed by atoms with E-state index in [4.69, 9.17) is 0 Å². The standard InChI is InChI=1S/C24H27N7O/c1-17-12-20(7-10-25-17)31-23-16-27-19(13-18(23)15-28-31)14-24(32)29-22(8-11-30(2)3)21-6-4-5-9-26-21/h4-7,9-10,12-13,15-16,22H,8,11,14H2,1-3H3,(H,29,32). The van der Waals surface area contributed by atoms with Crippen molar-refractivity contribution in [1.29, 1.82) is 0 Å². The Balaban J connectivity index is 1.49. The molecule has 32 heavy (non-hydrogen) atoms. The highest BCUT2D eigenvalue weighted by molar-refractivity contribution is 5.83. The van der Waals surface area contributed by atoms with Crippen LogP contribution < -0.4 is 5.32 Å². The van der Waals surface area contributed by atoms with Crippen molar-refractivity contribution in [2.24, 2.45) is 0 Å². The maximum absolute atomic E-state index is 12.8. The molecule has 0 spiro atoms. The quantitative estimate of drug-likeness (QED) is 0.463. The highest BCUT2D eigenvalue weighted by Crippen LogP contribution is 2.19. The van der Waals surface area contributed by atoms with Crippen LogP contribution in [0.15, 0.2) is 61.2 Å². The Morgan fingerprint density at radius 2 is 1.97 bits per heavy atom. The molecule has 0 bridgehead atoms. The molecule has 4 aromatic heterocycles. The van der Waals surface area contributed by atoms with Crippen molar-refractivity contribution in [1.82, 2.24) is 34.9 Å². The molecule has 164 valence electrons. The summed E-state index contributed by atoms with van der Waals surface area (Å²) in [6, 6.07) is 11.4. The molecule has 1 amide bonds. The molecule has 0 saturated heterocycles. The first kappa shape index (κ1) is 21.6. The second kappa shape index (κ2) is 9.65. The first-order valence-electron chi connectivity index (χ1n) is 10.6. The van der Waals surface area contributed by atoms with Crippen molar-refractivity contribution in [2.75, 3.05) is 20.6 Å². The molecule has 0 fully saturated rings. The molecule has 1 unspecified atom stereocenters. The summed E-state index contributed by atoms with van der Waals surface area (Å²) in [7, 11) is 4.04. The largest absolute Gasteiger partial charge is 0.347 e. The lowest BCUT2D eigenvalue weighted by Gasteiger charge is -2.20. The van der Waals surface area contributed by atoms with Gasteiger partial charge in [-0.1, -0.05) is 6.07 Å². The van der Waals surface area contributed by atoms with Gasteiger partial charge in [0.15, 0.2) is 0 Å². The molecule has 0 aliphatic rings. The number of aryl methyl sites for hydroxylation is 1. The van der Waals surface area contributed by atoms with Gasteiger partial charge in [-0.25, -0.2) is 4.68 Å². The Kier molecular flexibility index (Phi) is 6.51. The van der Waals surface area contributed by atoms with Gasteiger partial charge in [0, 0.05) is 23.5 Å². The monoisotopic (exact) mass is 429 g/mol. The second-order valence-corrected chi connectivity index (χ2v) is 8.09. The van der Waals surface area contributed by atoms with Gasteiger partial charge in [-0.15, -0.1) is 0 Å². The van der Waals surface area contributed by atoms with Crippen LogP contribution in [0.2, 0.25) is 0 Å². The zero-order valence-electron chi connectivity index (χ0n) is 18.6. The van der Waals surface area contributed by atoms with Crippen LogP contribution in [0.25, 0.3) is 16.6 Å². The fraction of sp³-hybridized carbons (Fsp3) is 0.292. The van der Waals surface area contributed by atoms with E-state index < -0.39 is 0 Å². The summed E-state index contributed by atoms with van der Waals surface area (Å²) in [6.07, 6.45) is 8.05. The Bertz CT molecular complexity index is 1200. The molecule has 4 rings (SSSR count). The summed E-state index contributed by atoms with van der Waals surface area (Å²) in [4.78, 5) is 28.1. The number of amides is 1.